The van der Waals surface area contributed by atoms with Gasteiger partial charge in [0, 0.05) is 19.5 Å². The van der Waals surface area contributed by atoms with Crippen LogP contribution < -0.4 is 0 Å². The highest BCUT2D eigenvalue weighted by Crippen LogP contribution is 2.26. The van der Waals surface area contributed by atoms with Crippen molar-refractivity contribution in [3.8, 4) is 0 Å². The maximum Gasteiger partial charge on any atom is 0.326 e. The molecule has 0 aromatic heterocycles. The van der Waals surface area contributed by atoms with E-state index in [-0.39, 0.29) is 5.91 Å². The summed E-state index contributed by atoms with van der Waals surface area (Å²) >= 11 is 0. The van der Waals surface area contributed by atoms with Gasteiger partial charge in [-0.2, -0.15) is 0 Å². The fraction of sp³-hybridized carbons (Fsp3) is 0.850. The number of hydrogen-bond donors (Lipinski definition) is 2. The second-order valence-corrected chi connectivity index (χ2v) is 7.79. The third-order valence-electron chi connectivity index (χ3n) is 5.75. The number of aliphatic carboxylic acids is 1. The van der Waals surface area contributed by atoms with Crippen LogP contribution >= 0.6 is 0 Å². The van der Waals surface area contributed by atoms with Crippen molar-refractivity contribution in [1.82, 2.24) is 9.80 Å². The Labute approximate surface area is 161 Å². The van der Waals surface area contributed by atoms with Crippen molar-refractivity contribution in [3.63, 3.8) is 0 Å². The molecule has 2 N–H and O–H groups in total. The normalized spacial score (nSPS) is 25.2. The first kappa shape index (κ1) is 21.7. The van der Waals surface area contributed by atoms with Crippen molar-refractivity contribution in [1.29, 1.82) is 0 Å². The van der Waals surface area contributed by atoms with Crippen molar-refractivity contribution in [3.05, 3.63) is 0 Å². The number of unbranched alkanes of at least 4 members (excludes halogenated alkanes) is 6. The molecule has 2 aliphatic heterocycles. The van der Waals surface area contributed by atoms with Gasteiger partial charge in [-0.25, -0.2) is 4.79 Å². The zero-order valence-corrected chi connectivity index (χ0v) is 16.4. The number of carboxylic acids is 1. The third kappa shape index (κ3) is 5.67. The molecule has 2 fully saturated rings. The molecule has 3 atom stereocenters. The molecule has 0 spiro atoms. The van der Waals surface area contributed by atoms with Crippen molar-refractivity contribution < 1.29 is 24.6 Å². The lowest BCUT2D eigenvalue weighted by Gasteiger charge is -2.31. The summed E-state index contributed by atoms with van der Waals surface area (Å²) in [6.07, 6.45) is 8.70. The summed E-state index contributed by atoms with van der Waals surface area (Å²) in [6.45, 7) is 2.92. The summed E-state index contributed by atoms with van der Waals surface area (Å²) in [5.74, 6) is -1.54. The second kappa shape index (κ2) is 10.6. The van der Waals surface area contributed by atoms with Gasteiger partial charge in [-0.1, -0.05) is 45.4 Å². The summed E-state index contributed by atoms with van der Waals surface area (Å²) in [5, 5.41) is 19.6. The van der Waals surface area contributed by atoms with E-state index in [1.807, 2.05) is 0 Å². The Bertz CT molecular complexity index is 525. The molecule has 1 unspecified atom stereocenters. The summed E-state index contributed by atoms with van der Waals surface area (Å²) in [5.41, 5.74) is 0. The molecule has 154 valence electrons. The van der Waals surface area contributed by atoms with E-state index in [9.17, 15) is 24.6 Å². The van der Waals surface area contributed by atoms with Gasteiger partial charge < -0.3 is 20.0 Å². The minimum atomic E-state index is -1.02. The molecule has 2 saturated heterocycles. The number of amides is 2. The molecule has 2 rings (SSSR count). The van der Waals surface area contributed by atoms with Gasteiger partial charge in [-0.05, 0) is 25.7 Å². The third-order valence-corrected chi connectivity index (χ3v) is 5.75. The monoisotopic (exact) mass is 382 g/mol. The van der Waals surface area contributed by atoms with E-state index < -0.39 is 30.1 Å². The lowest BCUT2D eigenvalue weighted by molar-refractivity contribution is -0.153. The molecule has 0 bridgehead atoms. The Hall–Kier alpha value is -1.63. The van der Waals surface area contributed by atoms with Crippen LogP contribution in [0.4, 0.5) is 0 Å². The van der Waals surface area contributed by atoms with E-state index in [0.717, 1.165) is 19.3 Å². The van der Waals surface area contributed by atoms with Crippen LogP contribution in [-0.4, -0.2) is 69.1 Å². The molecule has 0 aromatic rings. The van der Waals surface area contributed by atoms with Gasteiger partial charge in [0.2, 0.25) is 11.8 Å². The molecule has 0 aromatic carbocycles. The lowest BCUT2D eigenvalue weighted by atomic mass is 10.1. The lowest BCUT2D eigenvalue weighted by Crippen LogP contribution is -2.54. The summed E-state index contributed by atoms with van der Waals surface area (Å²) in [4.78, 5) is 39.6. The van der Waals surface area contributed by atoms with Crippen LogP contribution in [0, 0.1) is 0 Å². The number of nitrogens with zero attached hydrogens (tertiary/aromatic N) is 2. The number of carboxylic acid groups (broad SMARTS) is 1. The minimum absolute atomic E-state index is 0.107. The average Bonchev–Trinajstić information content (AvgIpc) is 3.27. The number of rotatable bonds is 10. The predicted octanol–water partition coefficient (Wildman–Crippen LogP) is 2.16. The van der Waals surface area contributed by atoms with Crippen LogP contribution in [0.15, 0.2) is 0 Å². The number of likely N-dealkylation sites (tertiary alicyclic amines) is 2. The Morgan fingerprint density at radius 1 is 0.926 bits per heavy atom. The zero-order valence-electron chi connectivity index (χ0n) is 16.4. The van der Waals surface area contributed by atoms with Crippen LogP contribution in [0.1, 0.15) is 77.6 Å². The van der Waals surface area contributed by atoms with Crippen LogP contribution in [0.3, 0.4) is 0 Å². The Kier molecular flexibility index (Phi) is 8.54. The highest BCUT2D eigenvalue weighted by atomic mass is 16.4. The number of aliphatic hydroxyl groups is 1. The molecule has 0 saturated carbocycles. The van der Waals surface area contributed by atoms with Crippen molar-refractivity contribution >= 4 is 17.8 Å². The molecule has 2 aliphatic rings. The summed E-state index contributed by atoms with van der Waals surface area (Å²) in [7, 11) is 0. The fourth-order valence-corrected chi connectivity index (χ4v) is 4.19. The largest absolute Gasteiger partial charge is 0.480 e. The van der Waals surface area contributed by atoms with Gasteiger partial charge in [0.25, 0.3) is 0 Å². The van der Waals surface area contributed by atoms with Gasteiger partial charge in [-0.3, -0.25) is 9.59 Å². The quantitative estimate of drug-likeness (QED) is 0.564. The Morgan fingerprint density at radius 3 is 2.26 bits per heavy atom. The van der Waals surface area contributed by atoms with Gasteiger partial charge in [-0.15, -0.1) is 0 Å². The number of carbonyl (C=O) groups excluding carboxylic acids is 2. The first-order chi connectivity index (χ1) is 13.0. The van der Waals surface area contributed by atoms with Crippen molar-refractivity contribution in [2.75, 3.05) is 13.1 Å². The van der Waals surface area contributed by atoms with Gasteiger partial charge in [0.15, 0.2) is 0 Å². The SMILES string of the molecule is CCCCCCCCCC(=O)N1CCC(O)[C@H]1C(=O)N1CCC[C@H]1C(=O)O. The molecule has 7 heteroatoms. The zero-order chi connectivity index (χ0) is 19.8. The van der Waals surface area contributed by atoms with Crippen LogP contribution in [0.25, 0.3) is 0 Å². The van der Waals surface area contributed by atoms with Crippen molar-refractivity contribution in [2.24, 2.45) is 0 Å². The molecule has 7 nitrogen and oxygen atoms in total. The number of carbonyl (C=O) groups is 3. The van der Waals surface area contributed by atoms with E-state index in [1.165, 1.54) is 35.5 Å². The van der Waals surface area contributed by atoms with Gasteiger partial charge in [0.1, 0.15) is 12.1 Å². The molecule has 0 radical (unpaired) electrons. The van der Waals surface area contributed by atoms with Gasteiger partial charge in [0.05, 0.1) is 6.10 Å². The molecule has 0 aliphatic carbocycles. The van der Waals surface area contributed by atoms with Gasteiger partial charge >= 0.3 is 5.97 Å². The second-order valence-electron chi connectivity index (χ2n) is 7.79. The number of hydrogen-bond acceptors (Lipinski definition) is 4. The van der Waals surface area contributed by atoms with Crippen LogP contribution in [0.2, 0.25) is 0 Å². The maximum absolute atomic E-state index is 12.9. The highest BCUT2D eigenvalue weighted by molar-refractivity contribution is 5.91. The minimum Gasteiger partial charge on any atom is -0.480 e. The highest BCUT2D eigenvalue weighted by Gasteiger charge is 2.46. The standard InChI is InChI=1S/C20H34N2O5/c1-2-3-4-5-6-7-8-11-17(24)22-14-12-16(23)18(22)19(25)21-13-9-10-15(21)20(26)27/h15-16,18,23H,2-14H2,1H3,(H,26,27)/t15-,16?,18-/m0/s1. The molecule has 27 heavy (non-hydrogen) atoms. The average molecular weight is 383 g/mol. The first-order valence-corrected chi connectivity index (χ1v) is 10.5. The first-order valence-electron chi connectivity index (χ1n) is 10.5. The summed E-state index contributed by atoms with van der Waals surface area (Å²) in [6, 6.07) is -1.77. The smallest absolute Gasteiger partial charge is 0.326 e. The van der Waals surface area contributed by atoms with E-state index in [4.69, 9.17) is 0 Å². The molecular weight excluding hydrogens is 348 g/mol. The van der Waals surface area contributed by atoms with E-state index >= 15 is 0 Å². The molecule has 2 heterocycles. The maximum atomic E-state index is 12.9. The van der Waals surface area contributed by atoms with Crippen LogP contribution in [0.5, 0.6) is 0 Å². The fourth-order valence-electron chi connectivity index (χ4n) is 4.19. The molecule has 2 amide bonds. The van der Waals surface area contributed by atoms with E-state index in [2.05, 4.69) is 6.92 Å². The van der Waals surface area contributed by atoms with Crippen LogP contribution in [-0.2, 0) is 14.4 Å². The Morgan fingerprint density at radius 2 is 1.59 bits per heavy atom. The summed E-state index contributed by atoms with van der Waals surface area (Å²) < 4.78 is 0. The van der Waals surface area contributed by atoms with E-state index in [1.54, 1.807) is 0 Å². The van der Waals surface area contributed by atoms with E-state index in [0.29, 0.717) is 38.8 Å². The topological polar surface area (TPSA) is 98.2 Å². The molecular formula is C20H34N2O5. The Balaban J connectivity index is 1.85. The number of aliphatic hydroxyl groups excluding tert-OH is 1. The predicted molar refractivity (Wildman–Crippen MR) is 101 cm³/mol. The van der Waals surface area contributed by atoms with Crippen molar-refractivity contribution in [2.45, 2.75) is 95.7 Å².